The molecular weight excluding hydrogens is 96.1 g/mol. The van der Waals surface area contributed by atoms with Crippen LogP contribution in [0.1, 0.15) is 33.6 Å². The van der Waals surface area contributed by atoms with Gasteiger partial charge >= 0.3 is 0 Å². The highest BCUT2D eigenvalue weighted by Gasteiger charge is 2.03. The third kappa shape index (κ3) is 3.06. The molecule has 0 saturated heterocycles. The predicted molar refractivity (Wildman–Crippen MR) is 37.5 cm³/mol. The fourth-order valence-electron chi connectivity index (χ4n) is 0.596. The zero-order chi connectivity index (χ0) is 6.57. The van der Waals surface area contributed by atoms with Crippen molar-refractivity contribution in [3.8, 4) is 0 Å². The molecule has 0 aromatic carbocycles. The number of hydrogen-bond acceptors (Lipinski definition) is 0. The van der Waals surface area contributed by atoms with Crippen LogP contribution < -0.4 is 0 Å². The van der Waals surface area contributed by atoms with E-state index >= 15 is 0 Å². The Morgan fingerprint density at radius 1 is 1.25 bits per heavy atom. The lowest BCUT2D eigenvalue weighted by atomic mass is 9.94. The van der Waals surface area contributed by atoms with Gasteiger partial charge in [-0.05, 0) is 25.2 Å². The first-order valence-electron chi connectivity index (χ1n) is 3.38. The average molecular weight is 112 g/mol. The molecule has 0 aromatic rings. The maximum atomic E-state index is 5.37. The van der Waals surface area contributed by atoms with Crippen molar-refractivity contribution in [3.63, 3.8) is 0 Å². The first kappa shape index (κ1) is 8.00. The highest BCUT2D eigenvalue weighted by molar-refractivity contribution is 4.56. The van der Waals surface area contributed by atoms with Crippen LogP contribution in [0.3, 0.4) is 0 Å². The van der Waals surface area contributed by atoms with Gasteiger partial charge in [-0.25, -0.2) is 0 Å². The van der Waals surface area contributed by atoms with Crippen LogP contribution in [0.2, 0.25) is 0 Å². The summed E-state index contributed by atoms with van der Waals surface area (Å²) in [5, 5.41) is 0. The van der Waals surface area contributed by atoms with Gasteiger partial charge in [-0.2, -0.15) is 0 Å². The van der Waals surface area contributed by atoms with Crippen molar-refractivity contribution < 1.29 is 0 Å². The molecule has 0 nitrogen and oxygen atoms in total. The van der Waals surface area contributed by atoms with Crippen molar-refractivity contribution in [2.45, 2.75) is 33.6 Å². The molecule has 1 atom stereocenters. The molecule has 0 bridgehead atoms. The van der Waals surface area contributed by atoms with E-state index in [0.717, 1.165) is 24.7 Å². The van der Waals surface area contributed by atoms with Gasteiger partial charge in [-0.1, -0.05) is 27.2 Å². The van der Waals surface area contributed by atoms with Gasteiger partial charge in [0, 0.05) is 0 Å². The van der Waals surface area contributed by atoms with Crippen LogP contribution in [0.25, 0.3) is 0 Å². The van der Waals surface area contributed by atoms with E-state index in [-0.39, 0.29) is 0 Å². The summed E-state index contributed by atoms with van der Waals surface area (Å²) >= 11 is 0. The molecular formula is C8H16. The molecule has 0 N–H and O–H groups in total. The molecule has 2 radical (unpaired) electrons. The standard InChI is InChI=1S/C8H16/c1-5-6-8(4)7(2)3/h1,7-8H,5-6H2,2-4H3. The minimum absolute atomic E-state index is 0.790. The lowest BCUT2D eigenvalue weighted by molar-refractivity contribution is 0.395. The monoisotopic (exact) mass is 112 g/mol. The van der Waals surface area contributed by atoms with Gasteiger partial charge in [-0.3, -0.25) is 0 Å². The van der Waals surface area contributed by atoms with E-state index in [1.165, 1.54) is 0 Å². The van der Waals surface area contributed by atoms with Crippen LogP contribution >= 0.6 is 0 Å². The summed E-state index contributed by atoms with van der Waals surface area (Å²) in [4.78, 5) is 0. The minimum Gasteiger partial charge on any atom is -0.0625 e. The molecule has 8 heavy (non-hydrogen) atoms. The van der Waals surface area contributed by atoms with Gasteiger partial charge in [0.15, 0.2) is 0 Å². The lowest BCUT2D eigenvalue weighted by Gasteiger charge is -2.12. The summed E-state index contributed by atoms with van der Waals surface area (Å²) in [7, 11) is 0. The summed E-state index contributed by atoms with van der Waals surface area (Å²) in [5.74, 6) is 1.58. The van der Waals surface area contributed by atoms with Crippen LogP contribution in [-0.4, -0.2) is 0 Å². The molecule has 0 aliphatic carbocycles. The van der Waals surface area contributed by atoms with Crippen molar-refractivity contribution >= 4 is 0 Å². The fraction of sp³-hybridized carbons (Fsp3) is 0.875. The lowest BCUT2D eigenvalue weighted by Crippen LogP contribution is -2.02. The first-order valence-corrected chi connectivity index (χ1v) is 3.38. The second kappa shape index (κ2) is 3.94. The molecule has 0 amide bonds. The summed E-state index contributed by atoms with van der Waals surface area (Å²) in [6.45, 7) is 12.1. The van der Waals surface area contributed by atoms with Gasteiger partial charge < -0.3 is 0 Å². The van der Waals surface area contributed by atoms with Crippen molar-refractivity contribution in [1.29, 1.82) is 0 Å². The molecule has 0 rings (SSSR count). The second-order valence-electron chi connectivity index (χ2n) is 2.80. The van der Waals surface area contributed by atoms with E-state index in [9.17, 15) is 0 Å². The fourth-order valence-corrected chi connectivity index (χ4v) is 0.596. The third-order valence-electron chi connectivity index (χ3n) is 1.76. The van der Waals surface area contributed by atoms with Crippen molar-refractivity contribution in [2.24, 2.45) is 11.8 Å². The van der Waals surface area contributed by atoms with Gasteiger partial charge in [-0.15, -0.1) is 0 Å². The maximum Gasteiger partial charge on any atom is -0.0352 e. The minimum atomic E-state index is 0.790. The van der Waals surface area contributed by atoms with E-state index in [4.69, 9.17) is 6.92 Å². The van der Waals surface area contributed by atoms with Crippen LogP contribution in [0.4, 0.5) is 0 Å². The van der Waals surface area contributed by atoms with E-state index in [0.29, 0.717) is 0 Å². The van der Waals surface area contributed by atoms with Gasteiger partial charge in [0.25, 0.3) is 0 Å². The van der Waals surface area contributed by atoms with Gasteiger partial charge in [0.05, 0.1) is 0 Å². The van der Waals surface area contributed by atoms with Gasteiger partial charge in [0.1, 0.15) is 0 Å². The highest BCUT2D eigenvalue weighted by atomic mass is 14.1. The maximum absolute atomic E-state index is 5.37. The number of hydrogen-bond donors (Lipinski definition) is 0. The Kier molecular flexibility index (Phi) is 3.94. The molecule has 1 unspecified atom stereocenters. The molecule has 0 spiro atoms. The van der Waals surface area contributed by atoms with Crippen LogP contribution in [0.5, 0.6) is 0 Å². The van der Waals surface area contributed by atoms with Crippen LogP contribution in [-0.2, 0) is 0 Å². The third-order valence-corrected chi connectivity index (χ3v) is 1.76. The summed E-state index contributed by atoms with van der Waals surface area (Å²) in [6.07, 6.45) is 2.00. The van der Waals surface area contributed by atoms with E-state index < -0.39 is 0 Å². The molecule has 0 heterocycles. The van der Waals surface area contributed by atoms with Crippen LogP contribution in [0.15, 0.2) is 0 Å². The van der Waals surface area contributed by atoms with E-state index in [1.807, 2.05) is 0 Å². The van der Waals surface area contributed by atoms with E-state index in [1.54, 1.807) is 0 Å². The number of rotatable bonds is 3. The molecule has 48 valence electrons. The van der Waals surface area contributed by atoms with Crippen molar-refractivity contribution in [2.75, 3.05) is 0 Å². The molecule has 0 aliphatic rings. The highest BCUT2D eigenvalue weighted by Crippen LogP contribution is 2.14. The Labute approximate surface area is 53.3 Å². The molecule has 0 aromatic heterocycles. The largest absolute Gasteiger partial charge is 0.0625 e. The smallest absolute Gasteiger partial charge is 0.0352 e. The van der Waals surface area contributed by atoms with Crippen molar-refractivity contribution in [1.82, 2.24) is 0 Å². The van der Waals surface area contributed by atoms with Crippen molar-refractivity contribution in [3.05, 3.63) is 6.92 Å². The molecule has 0 heteroatoms. The van der Waals surface area contributed by atoms with E-state index in [2.05, 4.69) is 20.8 Å². The Hall–Kier alpha value is 0. The topological polar surface area (TPSA) is 0 Å². The second-order valence-corrected chi connectivity index (χ2v) is 2.80. The van der Waals surface area contributed by atoms with Gasteiger partial charge in [0.2, 0.25) is 0 Å². The normalized spacial score (nSPS) is 14.6. The summed E-state index contributed by atoms with van der Waals surface area (Å²) in [6, 6.07) is 0. The first-order chi connectivity index (χ1) is 3.68. The molecule has 0 saturated carbocycles. The zero-order valence-corrected chi connectivity index (χ0v) is 6.15. The zero-order valence-electron chi connectivity index (χ0n) is 6.15. The Morgan fingerprint density at radius 3 is 1.88 bits per heavy atom. The Balaban J connectivity index is 3.17. The summed E-state index contributed by atoms with van der Waals surface area (Å²) < 4.78 is 0. The molecule has 0 aliphatic heterocycles. The average Bonchev–Trinajstić information content (AvgIpc) is 1.67. The Morgan fingerprint density at radius 2 is 1.75 bits per heavy atom. The Bertz CT molecular complexity index is 46.0. The SMILES string of the molecule is [CH]CCC(C)C(C)C. The quantitative estimate of drug-likeness (QED) is 0.526. The predicted octanol–water partition coefficient (Wildman–Crippen LogP) is 2.77. The molecule has 0 fully saturated rings. The van der Waals surface area contributed by atoms with Crippen LogP contribution in [0, 0.1) is 18.8 Å². The summed E-state index contributed by atoms with van der Waals surface area (Å²) in [5.41, 5.74) is 0.